The van der Waals surface area contributed by atoms with Crippen molar-refractivity contribution in [2.24, 2.45) is 0 Å². The summed E-state index contributed by atoms with van der Waals surface area (Å²) in [4.78, 5) is 0. The second-order valence-electron chi connectivity index (χ2n) is 3.62. The third-order valence-corrected chi connectivity index (χ3v) is 2.20. The van der Waals surface area contributed by atoms with Gasteiger partial charge in [-0.15, -0.1) is 0 Å². The molecule has 0 spiro atoms. The third-order valence-electron chi connectivity index (χ3n) is 2.20. The van der Waals surface area contributed by atoms with Crippen LogP contribution >= 0.6 is 0 Å². The first-order valence-electron chi connectivity index (χ1n) is 4.31. The molecule has 0 N–H and O–H groups in total. The Kier molecular flexibility index (Phi) is 1.48. The summed E-state index contributed by atoms with van der Waals surface area (Å²) in [6, 6.07) is 0.502. The summed E-state index contributed by atoms with van der Waals surface area (Å²) in [5.74, 6) is 0.836. The summed E-state index contributed by atoms with van der Waals surface area (Å²) in [7, 11) is 0. The molecule has 1 fully saturated rings. The summed E-state index contributed by atoms with van der Waals surface area (Å²) in [6.45, 7) is 4.31. The van der Waals surface area contributed by atoms with E-state index in [-0.39, 0.29) is 0 Å². The maximum absolute atomic E-state index is 4.29. The molecule has 0 amide bonds. The number of nitrogens with zero attached hydrogens (tertiary/aromatic N) is 2. The van der Waals surface area contributed by atoms with Crippen molar-refractivity contribution in [3.63, 3.8) is 0 Å². The lowest BCUT2D eigenvalue weighted by atomic mass is 10.2. The molecule has 2 rings (SSSR count). The van der Waals surface area contributed by atoms with Crippen LogP contribution in [0.2, 0.25) is 0 Å². The van der Waals surface area contributed by atoms with E-state index in [1.54, 1.807) is 0 Å². The van der Waals surface area contributed by atoms with Crippen LogP contribution in [0.4, 0.5) is 0 Å². The molecule has 0 aliphatic heterocycles. The molecule has 0 bridgehead atoms. The molecule has 2 nitrogen and oxygen atoms in total. The second-order valence-corrected chi connectivity index (χ2v) is 3.62. The highest BCUT2D eigenvalue weighted by Crippen LogP contribution is 2.39. The molecular formula is C9H14N2. The van der Waals surface area contributed by atoms with E-state index in [0.717, 1.165) is 5.92 Å². The molecule has 0 atom stereocenters. The van der Waals surface area contributed by atoms with Crippen molar-refractivity contribution in [2.45, 2.75) is 38.6 Å². The zero-order valence-corrected chi connectivity index (χ0v) is 7.12. The molecule has 1 aromatic heterocycles. The van der Waals surface area contributed by atoms with Crippen molar-refractivity contribution in [1.29, 1.82) is 0 Å². The van der Waals surface area contributed by atoms with Crippen molar-refractivity contribution in [3.8, 4) is 0 Å². The van der Waals surface area contributed by atoms with Crippen LogP contribution in [0.25, 0.3) is 0 Å². The van der Waals surface area contributed by atoms with Gasteiger partial charge in [0, 0.05) is 12.2 Å². The van der Waals surface area contributed by atoms with Gasteiger partial charge < -0.3 is 0 Å². The first-order chi connectivity index (χ1) is 5.27. The van der Waals surface area contributed by atoms with Crippen LogP contribution in [-0.4, -0.2) is 9.78 Å². The Hall–Kier alpha value is -0.790. The van der Waals surface area contributed by atoms with Gasteiger partial charge in [0.25, 0.3) is 0 Å². The van der Waals surface area contributed by atoms with Crippen molar-refractivity contribution in [2.75, 3.05) is 0 Å². The molecular weight excluding hydrogens is 136 g/mol. The Labute approximate surface area is 67.2 Å². The van der Waals surface area contributed by atoms with Gasteiger partial charge in [-0.1, -0.05) is 0 Å². The number of aromatic nitrogens is 2. The minimum Gasteiger partial charge on any atom is -0.270 e. The molecule has 1 saturated carbocycles. The average molecular weight is 150 g/mol. The van der Waals surface area contributed by atoms with Crippen LogP contribution in [0.3, 0.4) is 0 Å². The van der Waals surface area contributed by atoms with E-state index in [9.17, 15) is 0 Å². The molecule has 2 heteroatoms. The van der Waals surface area contributed by atoms with Gasteiger partial charge in [-0.2, -0.15) is 5.10 Å². The number of hydrogen-bond acceptors (Lipinski definition) is 1. The molecule has 1 aliphatic carbocycles. The Morgan fingerprint density at radius 2 is 2.27 bits per heavy atom. The normalized spacial score (nSPS) is 17.7. The number of hydrogen-bond donors (Lipinski definition) is 0. The topological polar surface area (TPSA) is 17.8 Å². The van der Waals surface area contributed by atoms with Crippen LogP contribution in [0.15, 0.2) is 12.4 Å². The highest BCUT2D eigenvalue weighted by atomic mass is 15.3. The standard InChI is InChI=1S/C9H14N2/c1-7(2)11-6-9(5-10-11)8-3-4-8/h5-8H,3-4H2,1-2H3. The molecule has 11 heavy (non-hydrogen) atoms. The van der Waals surface area contributed by atoms with Gasteiger partial charge in [-0.25, -0.2) is 0 Å². The molecule has 0 unspecified atom stereocenters. The molecule has 1 heterocycles. The molecule has 1 aromatic rings. The van der Waals surface area contributed by atoms with E-state index in [1.807, 2.05) is 10.9 Å². The summed E-state index contributed by atoms with van der Waals surface area (Å²) in [5, 5.41) is 4.29. The van der Waals surface area contributed by atoms with Gasteiger partial charge >= 0.3 is 0 Å². The highest BCUT2D eigenvalue weighted by Gasteiger charge is 2.24. The van der Waals surface area contributed by atoms with Crippen LogP contribution in [0.5, 0.6) is 0 Å². The fourth-order valence-electron chi connectivity index (χ4n) is 1.26. The van der Waals surface area contributed by atoms with E-state index >= 15 is 0 Å². The van der Waals surface area contributed by atoms with E-state index in [4.69, 9.17) is 0 Å². The zero-order valence-electron chi connectivity index (χ0n) is 7.12. The Morgan fingerprint density at radius 1 is 1.55 bits per heavy atom. The van der Waals surface area contributed by atoms with Gasteiger partial charge in [0.15, 0.2) is 0 Å². The van der Waals surface area contributed by atoms with E-state index < -0.39 is 0 Å². The predicted molar refractivity (Wildman–Crippen MR) is 44.6 cm³/mol. The Bertz CT molecular complexity index is 229. The minimum atomic E-state index is 0.502. The molecule has 1 aliphatic rings. The van der Waals surface area contributed by atoms with Gasteiger partial charge in [0.1, 0.15) is 0 Å². The fourth-order valence-corrected chi connectivity index (χ4v) is 1.26. The molecule has 0 radical (unpaired) electrons. The van der Waals surface area contributed by atoms with Crippen LogP contribution < -0.4 is 0 Å². The lowest BCUT2D eigenvalue weighted by Crippen LogP contribution is -1.99. The summed E-state index contributed by atoms with van der Waals surface area (Å²) in [6.07, 6.45) is 6.92. The summed E-state index contributed by atoms with van der Waals surface area (Å²) in [5.41, 5.74) is 1.43. The number of rotatable bonds is 2. The Morgan fingerprint density at radius 3 is 2.73 bits per heavy atom. The van der Waals surface area contributed by atoms with E-state index in [1.165, 1.54) is 18.4 Å². The fraction of sp³-hybridized carbons (Fsp3) is 0.667. The SMILES string of the molecule is CC(C)n1cc(C2CC2)cn1. The first-order valence-corrected chi connectivity index (χ1v) is 4.31. The largest absolute Gasteiger partial charge is 0.270 e. The lowest BCUT2D eigenvalue weighted by Gasteiger charge is -2.02. The van der Waals surface area contributed by atoms with E-state index in [0.29, 0.717) is 6.04 Å². The van der Waals surface area contributed by atoms with Crippen molar-refractivity contribution in [1.82, 2.24) is 9.78 Å². The van der Waals surface area contributed by atoms with Crippen molar-refractivity contribution < 1.29 is 0 Å². The second kappa shape index (κ2) is 2.36. The molecule has 60 valence electrons. The minimum absolute atomic E-state index is 0.502. The van der Waals surface area contributed by atoms with Crippen LogP contribution in [0, 0.1) is 0 Å². The smallest absolute Gasteiger partial charge is 0.0524 e. The maximum atomic E-state index is 4.29. The highest BCUT2D eigenvalue weighted by molar-refractivity contribution is 5.16. The first kappa shape index (κ1) is 6.89. The summed E-state index contributed by atoms with van der Waals surface area (Å²) < 4.78 is 2.04. The van der Waals surface area contributed by atoms with Gasteiger partial charge in [0.05, 0.1) is 6.20 Å². The van der Waals surface area contributed by atoms with Crippen LogP contribution in [-0.2, 0) is 0 Å². The summed E-state index contributed by atoms with van der Waals surface area (Å²) >= 11 is 0. The molecule has 0 aromatic carbocycles. The van der Waals surface area contributed by atoms with Gasteiger partial charge in [-0.3, -0.25) is 4.68 Å². The average Bonchev–Trinajstić information content (AvgIpc) is 2.68. The van der Waals surface area contributed by atoms with Crippen molar-refractivity contribution >= 4 is 0 Å². The monoisotopic (exact) mass is 150 g/mol. The quantitative estimate of drug-likeness (QED) is 0.632. The van der Waals surface area contributed by atoms with Crippen molar-refractivity contribution in [3.05, 3.63) is 18.0 Å². The van der Waals surface area contributed by atoms with Gasteiger partial charge in [-0.05, 0) is 38.2 Å². The van der Waals surface area contributed by atoms with Gasteiger partial charge in [0.2, 0.25) is 0 Å². The third kappa shape index (κ3) is 1.30. The zero-order chi connectivity index (χ0) is 7.84. The predicted octanol–water partition coefficient (Wildman–Crippen LogP) is 2.34. The lowest BCUT2D eigenvalue weighted by molar-refractivity contribution is 0.532. The van der Waals surface area contributed by atoms with E-state index in [2.05, 4.69) is 25.1 Å². The van der Waals surface area contributed by atoms with Crippen LogP contribution in [0.1, 0.15) is 44.2 Å². The molecule has 0 saturated heterocycles. The Balaban J connectivity index is 2.18. The maximum Gasteiger partial charge on any atom is 0.0524 e.